The summed E-state index contributed by atoms with van der Waals surface area (Å²) in [7, 11) is 0. The number of nitrogens with zero attached hydrogens (tertiary/aromatic N) is 1. The summed E-state index contributed by atoms with van der Waals surface area (Å²) < 4.78 is 15.1. The van der Waals surface area contributed by atoms with E-state index in [0.29, 0.717) is 29.7 Å². The lowest BCUT2D eigenvalue weighted by Gasteiger charge is -2.35. The summed E-state index contributed by atoms with van der Waals surface area (Å²) in [5.41, 5.74) is 8.38. The van der Waals surface area contributed by atoms with Gasteiger partial charge in [0.1, 0.15) is 5.82 Å². The zero-order valence-corrected chi connectivity index (χ0v) is 15.9. The summed E-state index contributed by atoms with van der Waals surface area (Å²) in [5, 5.41) is 3.65. The molecular weight excluding hydrogens is 347 g/mol. The van der Waals surface area contributed by atoms with Gasteiger partial charge >= 0.3 is 0 Å². The molecule has 4 N–H and O–H groups in total. The first kappa shape index (κ1) is 18.9. The van der Waals surface area contributed by atoms with Crippen molar-refractivity contribution in [2.24, 2.45) is 5.73 Å². The van der Waals surface area contributed by atoms with Crippen LogP contribution in [0.4, 0.5) is 10.1 Å². The summed E-state index contributed by atoms with van der Waals surface area (Å²) in [6.45, 7) is 6.77. The van der Waals surface area contributed by atoms with Crippen LogP contribution in [-0.4, -0.2) is 35.9 Å². The number of aromatic nitrogens is 1. The number of hydrogen-bond donors (Lipinski definition) is 3. The molecular formula is C20H25FN4O2. The van der Waals surface area contributed by atoms with Crippen molar-refractivity contribution in [3.63, 3.8) is 0 Å². The second-order valence-corrected chi connectivity index (χ2v) is 7.04. The van der Waals surface area contributed by atoms with E-state index in [-0.39, 0.29) is 17.5 Å². The van der Waals surface area contributed by atoms with Crippen molar-refractivity contribution in [1.82, 2.24) is 10.3 Å². The zero-order chi connectivity index (χ0) is 19.7. The summed E-state index contributed by atoms with van der Waals surface area (Å²) in [4.78, 5) is 28.8. The Bertz CT molecular complexity index is 932. The van der Waals surface area contributed by atoms with Crippen molar-refractivity contribution >= 4 is 28.4 Å². The highest BCUT2D eigenvalue weighted by Gasteiger charge is 2.27. The molecule has 1 aromatic heterocycles. The van der Waals surface area contributed by atoms with Crippen molar-refractivity contribution < 1.29 is 14.0 Å². The standard InChI is InChI=1S/C20H25FN4O2/c1-4-6-16(26)24-13-7-5-8-25(10-13)19-15(21)9-14(20(22)27)18-17(19)11(2)12(3)23-18/h4,6,9,13,23H,5,7-8,10H2,1-3H3,(H2,22,27)(H,24,26)/b6-4+/t13-/m0/s1. The third kappa shape index (κ3) is 3.54. The summed E-state index contributed by atoms with van der Waals surface area (Å²) in [6.07, 6.45) is 4.85. The number of primary amides is 1. The van der Waals surface area contributed by atoms with Gasteiger partial charge in [0.05, 0.1) is 16.8 Å². The Morgan fingerprint density at radius 3 is 2.81 bits per heavy atom. The molecule has 6 nitrogen and oxygen atoms in total. The zero-order valence-electron chi connectivity index (χ0n) is 15.9. The number of rotatable bonds is 4. The maximum Gasteiger partial charge on any atom is 0.250 e. The van der Waals surface area contributed by atoms with E-state index in [1.165, 1.54) is 12.1 Å². The number of nitrogens with two attached hydrogens (primary N) is 1. The smallest absolute Gasteiger partial charge is 0.250 e. The highest BCUT2D eigenvalue weighted by molar-refractivity contribution is 6.10. The number of aryl methyl sites for hydroxylation is 2. The van der Waals surface area contributed by atoms with E-state index < -0.39 is 11.7 Å². The minimum absolute atomic E-state index is 0.0620. The average Bonchev–Trinajstić information content (AvgIpc) is 2.90. The van der Waals surface area contributed by atoms with Gasteiger partial charge in [-0.2, -0.15) is 0 Å². The molecule has 0 saturated carbocycles. The van der Waals surface area contributed by atoms with E-state index >= 15 is 4.39 Å². The molecule has 1 saturated heterocycles. The van der Waals surface area contributed by atoms with Crippen molar-refractivity contribution in [2.75, 3.05) is 18.0 Å². The topological polar surface area (TPSA) is 91.2 Å². The predicted molar refractivity (Wildman–Crippen MR) is 104 cm³/mol. The first-order valence-electron chi connectivity index (χ1n) is 9.12. The molecule has 1 atom stereocenters. The molecule has 27 heavy (non-hydrogen) atoms. The van der Waals surface area contributed by atoms with E-state index in [9.17, 15) is 9.59 Å². The summed E-state index contributed by atoms with van der Waals surface area (Å²) >= 11 is 0. The van der Waals surface area contributed by atoms with Crippen molar-refractivity contribution in [1.29, 1.82) is 0 Å². The van der Waals surface area contributed by atoms with Gasteiger partial charge in [0.15, 0.2) is 0 Å². The first-order chi connectivity index (χ1) is 12.8. The fourth-order valence-corrected chi connectivity index (χ4v) is 3.81. The van der Waals surface area contributed by atoms with Gasteiger partial charge in [-0.15, -0.1) is 0 Å². The predicted octanol–water partition coefficient (Wildman–Crippen LogP) is 2.68. The molecule has 1 aliphatic rings. The lowest BCUT2D eigenvalue weighted by atomic mass is 10.0. The number of halogens is 1. The van der Waals surface area contributed by atoms with Gasteiger partial charge in [-0.25, -0.2) is 4.39 Å². The van der Waals surface area contributed by atoms with E-state index in [2.05, 4.69) is 10.3 Å². The minimum atomic E-state index is -0.665. The number of carbonyl (C=O) groups is 2. The van der Waals surface area contributed by atoms with Gasteiger partial charge < -0.3 is 20.9 Å². The Morgan fingerprint density at radius 2 is 2.15 bits per heavy atom. The van der Waals surface area contributed by atoms with Crippen LogP contribution < -0.4 is 16.0 Å². The van der Waals surface area contributed by atoms with Gasteiger partial charge in [-0.1, -0.05) is 6.08 Å². The normalized spacial score (nSPS) is 17.6. The lowest BCUT2D eigenvalue weighted by molar-refractivity contribution is -0.117. The van der Waals surface area contributed by atoms with E-state index in [4.69, 9.17) is 5.73 Å². The SMILES string of the molecule is C/C=C/C(=O)N[C@H]1CCCN(c2c(F)cc(C(N)=O)c3[nH]c(C)c(C)c23)C1. The number of carbonyl (C=O) groups excluding carboxylic acids is 2. The Labute approximate surface area is 157 Å². The maximum atomic E-state index is 15.1. The van der Waals surface area contributed by atoms with Crippen LogP contribution in [0, 0.1) is 19.7 Å². The number of amides is 2. The molecule has 2 aromatic rings. The molecule has 0 radical (unpaired) electrons. The average molecular weight is 372 g/mol. The number of nitrogens with one attached hydrogen (secondary N) is 2. The number of fused-ring (bicyclic) bond motifs is 1. The molecule has 2 heterocycles. The summed E-state index contributed by atoms with van der Waals surface area (Å²) in [5.74, 6) is -1.28. The fourth-order valence-electron chi connectivity index (χ4n) is 3.81. The lowest BCUT2D eigenvalue weighted by Crippen LogP contribution is -2.47. The fraction of sp³-hybridized carbons (Fsp3) is 0.400. The van der Waals surface area contributed by atoms with Crippen LogP contribution in [-0.2, 0) is 4.79 Å². The van der Waals surface area contributed by atoms with Gasteiger partial charge in [-0.3, -0.25) is 9.59 Å². The number of H-pyrrole nitrogens is 1. The molecule has 144 valence electrons. The van der Waals surface area contributed by atoms with E-state index in [1.807, 2.05) is 18.7 Å². The number of hydrogen-bond acceptors (Lipinski definition) is 3. The van der Waals surface area contributed by atoms with Gasteiger partial charge in [0.25, 0.3) is 5.91 Å². The third-order valence-corrected chi connectivity index (χ3v) is 5.17. The largest absolute Gasteiger partial charge is 0.367 e. The maximum absolute atomic E-state index is 15.1. The Balaban J connectivity index is 2.03. The number of aromatic amines is 1. The van der Waals surface area contributed by atoms with Crippen molar-refractivity contribution in [2.45, 2.75) is 39.7 Å². The molecule has 1 aliphatic heterocycles. The quantitative estimate of drug-likeness (QED) is 0.721. The van der Waals surface area contributed by atoms with Crippen LogP contribution in [0.2, 0.25) is 0 Å². The van der Waals surface area contributed by atoms with Gasteiger partial charge in [0, 0.05) is 30.2 Å². The summed E-state index contributed by atoms with van der Waals surface area (Å²) in [6, 6.07) is 1.14. The molecule has 1 fully saturated rings. The molecule has 0 bridgehead atoms. The second-order valence-electron chi connectivity index (χ2n) is 7.04. The number of benzene rings is 1. The van der Waals surface area contributed by atoms with E-state index in [1.54, 1.807) is 13.0 Å². The Morgan fingerprint density at radius 1 is 1.41 bits per heavy atom. The third-order valence-electron chi connectivity index (χ3n) is 5.17. The minimum Gasteiger partial charge on any atom is -0.367 e. The van der Waals surface area contributed by atoms with Gasteiger partial charge in [-0.05, 0) is 51.3 Å². The molecule has 1 aromatic carbocycles. The van der Waals surface area contributed by atoms with Crippen molar-refractivity contribution in [3.05, 3.63) is 40.9 Å². The van der Waals surface area contributed by atoms with E-state index in [0.717, 1.165) is 24.1 Å². The van der Waals surface area contributed by atoms with Crippen molar-refractivity contribution in [3.8, 4) is 0 Å². The Kier molecular flexibility index (Phi) is 5.21. The number of piperidine rings is 1. The van der Waals surface area contributed by atoms with Crippen LogP contribution in [0.3, 0.4) is 0 Å². The number of allylic oxidation sites excluding steroid dienone is 1. The molecule has 7 heteroatoms. The second kappa shape index (κ2) is 7.42. The van der Waals surface area contributed by atoms with Crippen LogP contribution in [0.15, 0.2) is 18.2 Å². The molecule has 3 rings (SSSR count). The molecule has 0 spiro atoms. The highest BCUT2D eigenvalue weighted by atomic mass is 19.1. The van der Waals surface area contributed by atoms with Crippen LogP contribution >= 0.6 is 0 Å². The number of anilines is 1. The van der Waals surface area contributed by atoms with Crippen LogP contribution in [0.5, 0.6) is 0 Å². The van der Waals surface area contributed by atoms with Crippen LogP contribution in [0.1, 0.15) is 41.4 Å². The molecule has 0 aliphatic carbocycles. The highest BCUT2D eigenvalue weighted by Crippen LogP contribution is 2.37. The van der Waals surface area contributed by atoms with Crippen LogP contribution in [0.25, 0.3) is 10.9 Å². The van der Waals surface area contributed by atoms with Gasteiger partial charge in [0.2, 0.25) is 5.91 Å². The first-order valence-corrected chi connectivity index (χ1v) is 9.12. The molecule has 0 unspecified atom stereocenters. The molecule has 2 amide bonds. The monoisotopic (exact) mass is 372 g/mol. The Hall–Kier alpha value is -2.83.